The molecular formula is C20H16NNaO6. The zero-order valence-corrected chi connectivity index (χ0v) is 17.6. The van der Waals surface area contributed by atoms with Crippen molar-refractivity contribution < 1.29 is 59.1 Å². The number of hydrogen-bond donors (Lipinski definition) is 2. The van der Waals surface area contributed by atoms with Gasteiger partial charge in [0.25, 0.3) is 0 Å². The first kappa shape index (κ1) is 21.6. The summed E-state index contributed by atoms with van der Waals surface area (Å²) in [5, 5.41) is 31.7. The number of carboxylic acids is 1. The van der Waals surface area contributed by atoms with Gasteiger partial charge in [-0.3, -0.25) is 0 Å². The van der Waals surface area contributed by atoms with Crippen LogP contribution in [0.4, 0.5) is 0 Å². The van der Waals surface area contributed by atoms with Gasteiger partial charge in [0, 0.05) is 10.9 Å². The number of carbonyl (C=O) groups is 1. The second kappa shape index (κ2) is 8.97. The molecule has 0 aliphatic heterocycles. The van der Waals surface area contributed by atoms with Crippen molar-refractivity contribution in [2.24, 2.45) is 0 Å². The maximum absolute atomic E-state index is 11.1. The summed E-state index contributed by atoms with van der Waals surface area (Å²) in [4.78, 5) is 15.3. The number of phenols is 2. The van der Waals surface area contributed by atoms with Gasteiger partial charge in [0.15, 0.2) is 17.2 Å². The van der Waals surface area contributed by atoms with Crippen LogP contribution in [0.15, 0.2) is 36.4 Å². The van der Waals surface area contributed by atoms with E-state index in [-0.39, 0.29) is 57.9 Å². The smallest absolute Gasteiger partial charge is 0.545 e. The third-order valence-electron chi connectivity index (χ3n) is 4.03. The van der Waals surface area contributed by atoms with Gasteiger partial charge in [0.2, 0.25) is 5.75 Å². The molecular weight excluding hydrogens is 373 g/mol. The zero-order valence-electron chi connectivity index (χ0n) is 15.6. The van der Waals surface area contributed by atoms with Crippen LogP contribution in [0.25, 0.3) is 23.1 Å². The Morgan fingerprint density at radius 1 is 1.00 bits per heavy atom. The molecule has 3 rings (SSSR count). The third kappa shape index (κ3) is 4.22. The molecule has 0 bridgehead atoms. The van der Waals surface area contributed by atoms with Crippen LogP contribution >= 0.6 is 0 Å². The molecule has 8 heteroatoms. The van der Waals surface area contributed by atoms with E-state index in [1.807, 2.05) is 0 Å². The van der Waals surface area contributed by atoms with Gasteiger partial charge in [-0.15, -0.1) is 0 Å². The molecule has 0 aliphatic carbocycles. The topological polar surface area (TPSA) is 112 Å². The summed E-state index contributed by atoms with van der Waals surface area (Å²) in [5.74, 6) is -1.48. The molecule has 3 aromatic rings. The van der Waals surface area contributed by atoms with Crippen molar-refractivity contribution in [1.82, 2.24) is 4.98 Å². The molecule has 7 nitrogen and oxygen atoms in total. The third-order valence-corrected chi connectivity index (χ3v) is 4.03. The first-order chi connectivity index (χ1) is 12.9. The Hall–Kier alpha value is -2.74. The van der Waals surface area contributed by atoms with Crippen LogP contribution in [0, 0.1) is 0 Å². The van der Waals surface area contributed by atoms with E-state index in [0.29, 0.717) is 16.6 Å². The molecule has 2 N–H and O–H groups in total. The largest absolute Gasteiger partial charge is 1.00 e. The van der Waals surface area contributed by atoms with E-state index in [1.54, 1.807) is 42.5 Å². The minimum atomic E-state index is -1.47. The molecule has 28 heavy (non-hydrogen) atoms. The van der Waals surface area contributed by atoms with E-state index < -0.39 is 11.7 Å². The summed E-state index contributed by atoms with van der Waals surface area (Å²) in [6.45, 7) is 0. The summed E-state index contributed by atoms with van der Waals surface area (Å²) >= 11 is 0. The average Bonchev–Trinajstić information content (AvgIpc) is 2.67. The molecule has 0 radical (unpaired) electrons. The Labute approximate surface area is 183 Å². The standard InChI is InChI=1S/C20H17NO6.Na/c1-26-15-9-11(10-16(27-2)19(15)23)3-6-13-7-4-12-5-8-14(20(24)25)18(22)17(12)21-13;/h3-10,22-23H,1-2H3,(H,24,25);/q;+1/p-1/b6-3+;. The quantitative estimate of drug-likeness (QED) is 0.550. The van der Waals surface area contributed by atoms with Crippen molar-refractivity contribution in [3.05, 3.63) is 53.2 Å². The Morgan fingerprint density at radius 2 is 1.61 bits per heavy atom. The molecule has 0 fully saturated rings. The van der Waals surface area contributed by atoms with E-state index in [9.17, 15) is 20.1 Å². The maximum Gasteiger partial charge on any atom is 1.00 e. The summed E-state index contributed by atoms with van der Waals surface area (Å²) < 4.78 is 10.2. The fraction of sp³-hybridized carbons (Fsp3) is 0.100. The van der Waals surface area contributed by atoms with E-state index in [0.717, 1.165) is 0 Å². The number of aromatic nitrogens is 1. The van der Waals surface area contributed by atoms with Gasteiger partial charge in [-0.25, -0.2) is 4.98 Å². The Morgan fingerprint density at radius 3 is 2.18 bits per heavy atom. The van der Waals surface area contributed by atoms with Gasteiger partial charge >= 0.3 is 29.6 Å². The second-order valence-corrected chi connectivity index (χ2v) is 5.66. The number of phenolic OH excluding ortho intramolecular Hbond substituents is 1. The molecule has 138 valence electrons. The van der Waals surface area contributed by atoms with E-state index in [1.165, 1.54) is 20.3 Å². The van der Waals surface area contributed by atoms with Crippen LogP contribution in [0.5, 0.6) is 23.0 Å². The van der Waals surface area contributed by atoms with Crippen LogP contribution < -0.4 is 44.1 Å². The van der Waals surface area contributed by atoms with E-state index in [4.69, 9.17) is 9.47 Å². The monoisotopic (exact) mass is 389 g/mol. The minimum absolute atomic E-state index is 0. The number of hydrogen-bond acceptors (Lipinski definition) is 7. The van der Waals surface area contributed by atoms with E-state index in [2.05, 4.69) is 4.98 Å². The van der Waals surface area contributed by atoms with Gasteiger partial charge in [0.1, 0.15) is 5.52 Å². The number of pyridine rings is 1. The average molecular weight is 389 g/mol. The first-order valence-electron chi connectivity index (χ1n) is 7.91. The number of aromatic carboxylic acids is 1. The maximum atomic E-state index is 11.1. The number of aromatic hydroxyl groups is 2. The van der Waals surface area contributed by atoms with Crippen molar-refractivity contribution in [3.8, 4) is 23.0 Å². The number of benzene rings is 2. The van der Waals surface area contributed by atoms with Gasteiger partial charge in [-0.2, -0.15) is 0 Å². The van der Waals surface area contributed by atoms with Gasteiger partial charge in [-0.1, -0.05) is 18.2 Å². The molecule has 0 unspecified atom stereocenters. The number of nitrogens with zero attached hydrogens (tertiary/aromatic N) is 1. The summed E-state index contributed by atoms with van der Waals surface area (Å²) in [6, 6.07) is 9.53. The number of methoxy groups -OCH3 is 2. The molecule has 0 amide bonds. The molecule has 0 atom stereocenters. The predicted molar refractivity (Wildman–Crippen MR) is 97.9 cm³/mol. The number of fused-ring (bicyclic) bond motifs is 1. The summed E-state index contributed by atoms with van der Waals surface area (Å²) in [7, 11) is 2.87. The van der Waals surface area contributed by atoms with Crippen LogP contribution in [-0.2, 0) is 0 Å². The van der Waals surface area contributed by atoms with Crippen LogP contribution in [0.2, 0.25) is 0 Å². The molecule has 0 aliphatic rings. The molecule has 1 aromatic heterocycles. The Bertz CT molecular complexity index is 1040. The normalized spacial score (nSPS) is 10.6. The molecule has 0 spiro atoms. The van der Waals surface area contributed by atoms with Gasteiger partial charge < -0.3 is 29.6 Å². The van der Waals surface area contributed by atoms with Crippen molar-refractivity contribution >= 4 is 29.0 Å². The van der Waals surface area contributed by atoms with Crippen LogP contribution in [0.3, 0.4) is 0 Å². The first-order valence-corrected chi connectivity index (χ1v) is 7.91. The Kier molecular flexibility index (Phi) is 6.90. The summed E-state index contributed by atoms with van der Waals surface area (Å²) in [5.41, 5.74) is 1.04. The molecule has 0 saturated carbocycles. The van der Waals surface area contributed by atoms with Crippen molar-refractivity contribution in [2.45, 2.75) is 0 Å². The molecule has 2 aromatic carbocycles. The van der Waals surface area contributed by atoms with E-state index >= 15 is 0 Å². The van der Waals surface area contributed by atoms with Gasteiger partial charge in [0.05, 0.1) is 25.9 Å². The predicted octanol–water partition coefficient (Wildman–Crippen LogP) is -0.799. The van der Waals surface area contributed by atoms with Crippen molar-refractivity contribution in [1.29, 1.82) is 0 Å². The number of carboxylic acid groups (broad SMARTS) is 1. The van der Waals surface area contributed by atoms with Crippen molar-refractivity contribution in [2.75, 3.05) is 14.2 Å². The SMILES string of the molecule is COc1cc(/C=C/c2ccc3ccc(C(=O)[O-])c(O)c3n2)cc(OC)c1O.[Na+]. The fourth-order valence-electron chi connectivity index (χ4n) is 2.64. The fourth-order valence-corrected chi connectivity index (χ4v) is 2.64. The Balaban J connectivity index is 0.00000280. The number of rotatable bonds is 5. The van der Waals surface area contributed by atoms with Crippen LogP contribution in [0.1, 0.15) is 21.6 Å². The minimum Gasteiger partial charge on any atom is -0.545 e. The van der Waals surface area contributed by atoms with Crippen LogP contribution in [-0.4, -0.2) is 35.4 Å². The van der Waals surface area contributed by atoms with Crippen molar-refractivity contribution in [3.63, 3.8) is 0 Å². The second-order valence-electron chi connectivity index (χ2n) is 5.66. The number of carbonyl (C=O) groups excluding carboxylic acids is 1. The molecule has 1 heterocycles. The summed E-state index contributed by atoms with van der Waals surface area (Å²) in [6.07, 6.45) is 3.40. The molecule has 0 saturated heterocycles. The van der Waals surface area contributed by atoms with Gasteiger partial charge in [-0.05, 0) is 35.9 Å². The zero-order chi connectivity index (χ0) is 19.6. The number of ether oxygens (including phenoxy) is 2.